The van der Waals surface area contributed by atoms with Crippen molar-refractivity contribution in [1.29, 1.82) is 0 Å². The molecule has 4 N–H and O–H groups in total. The Morgan fingerprint density at radius 1 is 1.78 bits per heavy atom. The molecule has 54 valence electrons. The van der Waals surface area contributed by atoms with E-state index in [0.717, 1.165) is 0 Å². The van der Waals surface area contributed by atoms with E-state index in [1.807, 2.05) is 0 Å². The molecule has 0 aromatic rings. The van der Waals surface area contributed by atoms with Gasteiger partial charge in [-0.3, -0.25) is 0 Å². The van der Waals surface area contributed by atoms with Crippen molar-refractivity contribution in [3.63, 3.8) is 0 Å². The van der Waals surface area contributed by atoms with Crippen molar-refractivity contribution in [2.75, 3.05) is 0 Å². The van der Waals surface area contributed by atoms with Crippen molar-refractivity contribution in [2.24, 2.45) is 0 Å². The zero-order valence-corrected chi connectivity index (χ0v) is 5.98. The van der Waals surface area contributed by atoms with Crippen molar-refractivity contribution in [3.8, 4) is 0 Å². The first-order chi connectivity index (χ1) is 3.55. The van der Waals surface area contributed by atoms with E-state index in [2.05, 4.69) is 12.3 Å². The Labute approximate surface area is 60.0 Å². The number of carboxylic acid groups (broad SMARTS) is 1. The van der Waals surface area contributed by atoms with E-state index in [0.29, 0.717) is 5.57 Å². The van der Waals surface area contributed by atoms with Gasteiger partial charge in [0.05, 0.1) is 0 Å². The van der Waals surface area contributed by atoms with E-state index in [4.69, 9.17) is 5.11 Å². The summed E-state index contributed by atoms with van der Waals surface area (Å²) in [5, 5.41) is 8.23. The van der Waals surface area contributed by atoms with Crippen molar-refractivity contribution in [3.05, 3.63) is 12.2 Å². The third kappa shape index (κ3) is 4.00. The van der Waals surface area contributed by atoms with Gasteiger partial charge in [0.2, 0.25) is 6.04 Å². The van der Waals surface area contributed by atoms with Crippen LogP contribution in [0.1, 0.15) is 6.92 Å². The third-order valence-corrected chi connectivity index (χ3v) is 0.893. The summed E-state index contributed by atoms with van der Waals surface area (Å²) < 4.78 is 0. The lowest BCUT2D eigenvalue weighted by Crippen LogP contribution is -3.00. The molecule has 9 heavy (non-hydrogen) atoms. The number of hydrogen-bond donors (Lipinski definition) is 2. The first-order valence-electron chi connectivity index (χ1n) is 2.27. The van der Waals surface area contributed by atoms with Gasteiger partial charge < -0.3 is 23.2 Å². The van der Waals surface area contributed by atoms with Crippen molar-refractivity contribution in [1.82, 2.24) is 0 Å². The molecule has 0 rings (SSSR count). The molecule has 0 spiro atoms. The molecule has 0 aromatic carbocycles. The SMILES string of the molecule is C=C(C)[C@H]([NH3+])C(=O)O.[Cl-]. The minimum absolute atomic E-state index is 0. The van der Waals surface area contributed by atoms with Gasteiger partial charge in [-0.05, 0) is 12.5 Å². The summed E-state index contributed by atoms with van der Waals surface area (Å²) in [6, 6.07) is -0.657. The van der Waals surface area contributed by atoms with Gasteiger partial charge in [0.1, 0.15) is 0 Å². The first-order valence-corrected chi connectivity index (χ1v) is 2.27. The molecule has 3 nitrogen and oxygen atoms in total. The van der Waals surface area contributed by atoms with Crippen LogP contribution in [0.3, 0.4) is 0 Å². The minimum Gasteiger partial charge on any atom is -1.00 e. The number of rotatable bonds is 2. The predicted octanol–water partition coefficient (Wildman–Crippen LogP) is -3.74. The summed E-state index contributed by atoms with van der Waals surface area (Å²) in [6.45, 7) is 5.08. The van der Waals surface area contributed by atoms with Gasteiger partial charge in [-0.15, -0.1) is 0 Å². The molecule has 4 heteroatoms. The monoisotopic (exact) mass is 151 g/mol. The molecule has 0 aliphatic carbocycles. The molecule has 0 aliphatic rings. The highest BCUT2D eigenvalue weighted by molar-refractivity contribution is 5.74. The van der Waals surface area contributed by atoms with E-state index in [1.165, 1.54) is 0 Å². The molecule has 0 bridgehead atoms. The maximum absolute atomic E-state index is 10.0. The number of carboxylic acids is 1. The van der Waals surface area contributed by atoms with E-state index in [9.17, 15) is 4.79 Å². The third-order valence-electron chi connectivity index (χ3n) is 0.893. The van der Waals surface area contributed by atoms with Crippen LogP contribution in [0.5, 0.6) is 0 Å². The summed E-state index contributed by atoms with van der Waals surface area (Å²) in [7, 11) is 0. The number of hydrogen-bond acceptors (Lipinski definition) is 1. The molecular weight excluding hydrogens is 142 g/mol. The molecule has 0 amide bonds. The predicted molar refractivity (Wildman–Crippen MR) is 29.1 cm³/mol. The molecule has 0 unspecified atom stereocenters. The second-order valence-corrected chi connectivity index (χ2v) is 1.74. The molecule has 0 saturated carbocycles. The standard InChI is InChI=1S/C5H9NO2.ClH/c1-3(2)4(6)5(7)8;/h4H,1,6H2,2H3,(H,7,8);1H/t4-;/m0./s1. The van der Waals surface area contributed by atoms with E-state index >= 15 is 0 Å². The summed E-state index contributed by atoms with van der Waals surface area (Å²) in [4.78, 5) is 10.0. The fourth-order valence-corrected chi connectivity index (χ4v) is 0.211. The van der Waals surface area contributed by atoms with Crippen LogP contribution >= 0.6 is 0 Å². The van der Waals surface area contributed by atoms with Gasteiger partial charge in [-0.1, -0.05) is 6.58 Å². The van der Waals surface area contributed by atoms with Crippen LogP contribution in [0.4, 0.5) is 0 Å². The quantitative estimate of drug-likeness (QED) is 0.399. The Morgan fingerprint density at radius 3 is 2.11 bits per heavy atom. The van der Waals surface area contributed by atoms with Gasteiger partial charge in [-0.2, -0.15) is 0 Å². The maximum atomic E-state index is 10.0. The molecule has 0 aliphatic heterocycles. The Kier molecular flexibility index (Phi) is 5.45. The number of quaternary nitrogens is 1. The van der Waals surface area contributed by atoms with E-state index in [1.54, 1.807) is 6.92 Å². The molecule has 0 saturated heterocycles. The molecule has 0 fully saturated rings. The lowest BCUT2D eigenvalue weighted by molar-refractivity contribution is -0.395. The second kappa shape index (κ2) is 4.35. The Hall–Kier alpha value is -0.540. The van der Waals surface area contributed by atoms with Gasteiger partial charge in [0, 0.05) is 0 Å². The largest absolute Gasteiger partial charge is 1.00 e. The highest BCUT2D eigenvalue weighted by Crippen LogP contribution is 1.89. The van der Waals surface area contributed by atoms with Crippen LogP contribution in [-0.2, 0) is 4.79 Å². The van der Waals surface area contributed by atoms with Crippen LogP contribution in [0, 0.1) is 0 Å². The average Bonchev–Trinajstić information content (AvgIpc) is 1.64. The van der Waals surface area contributed by atoms with E-state index in [-0.39, 0.29) is 12.4 Å². The highest BCUT2D eigenvalue weighted by atomic mass is 35.5. The Balaban J connectivity index is 0. The fourth-order valence-electron chi connectivity index (χ4n) is 0.211. The topological polar surface area (TPSA) is 64.9 Å². The summed E-state index contributed by atoms with van der Waals surface area (Å²) in [6.07, 6.45) is 0. The Morgan fingerprint density at radius 2 is 2.11 bits per heavy atom. The maximum Gasteiger partial charge on any atom is 0.366 e. The average molecular weight is 152 g/mol. The van der Waals surface area contributed by atoms with Crippen LogP contribution in [0.25, 0.3) is 0 Å². The van der Waals surface area contributed by atoms with Gasteiger partial charge in [0.25, 0.3) is 0 Å². The van der Waals surface area contributed by atoms with Crippen LogP contribution in [-0.4, -0.2) is 17.1 Å². The molecule has 0 heterocycles. The van der Waals surface area contributed by atoms with Gasteiger partial charge in [-0.25, -0.2) is 4.79 Å². The molecule has 0 radical (unpaired) electrons. The van der Waals surface area contributed by atoms with Crippen molar-refractivity contribution < 1.29 is 28.0 Å². The zero-order valence-electron chi connectivity index (χ0n) is 5.22. The number of halogens is 1. The van der Waals surface area contributed by atoms with Gasteiger partial charge >= 0.3 is 5.97 Å². The molecular formula is C5H10ClNO2. The molecule has 1 atom stereocenters. The van der Waals surface area contributed by atoms with Crippen LogP contribution in [0.15, 0.2) is 12.2 Å². The smallest absolute Gasteiger partial charge is 0.366 e. The Bertz CT molecular complexity index is 110. The van der Waals surface area contributed by atoms with Gasteiger partial charge in [0.15, 0.2) is 0 Å². The van der Waals surface area contributed by atoms with E-state index < -0.39 is 12.0 Å². The van der Waals surface area contributed by atoms with Crippen LogP contribution < -0.4 is 18.1 Å². The van der Waals surface area contributed by atoms with Crippen molar-refractivity contribution >= 4 is 5.97 Å². The summed E-state index contributed by atoms with van der Waals surface area (Å²) in [5.41, 5.74) is 3.92. The zero-order chi connectivity index (χ0) is 6.73. The number of carbonyl (C=O) groups is 1. The first kappa shape index (κ1) is 11.3. The fraction of sp³-hybridized carbons (Fsp3) is 0.400. The molecule has 0 aromatic heterocycles. The minimum atomic E-state index is -0.919. The second-order valence-electron chi connectivity index (χ2n) is 1.74. The highest BCUT2D eigenvalue weighted by Gasteiger charge is 2.14. The van der Waals surface area contributed by atoms with Crippen molar-refractivity contribution in [2.45, 2.75) is 13.0 Å². The lowest BCUT2D eigenvalue weighted by Gasteiger charge is -1.97. The summed E-state index contributed by atoms with van der Waals surface area (Å²) >= 11 is 0. The summed E-state index contributed by atoms with van der Waals surface area (Å²) in [5.74, 6) is -0.919. The number of aliphatic carboxylic acids is 1. The normalized spacial score (nSPS) is 11.3. The van der Waals surface area contributed by atoms with Crippen LogP contribution in [0.2, 0.25) is 0 Å². The lowest BCUT2D eigenvalue weighted by atomic mass is 10.2.